The molecular formula is C43H40N2O3. The molecule has 5 nitrogen and oxygen atoms in total. The third-order valence-corrected chi connectivity index (χ3v) is 8.98. The number of ether oxygens (including phenoxy) is 3. The molecule has 1 saturated heterocycles. The average molecular weight is 633 g/mol. The van der Waals surface area contributed by atoms with Crippen molar-refractivity contribution < 1.29 is 14.2 Å². The molecule has 1 aliphatic rings. The molecule has 0 unspecified atom stereocenters. The Kier molecular flexibility index (Phi) is 10.00. The lowest BCUT2D eigenvalue weighted by Crippen LogP contribution is -2.36. The van der Waals surface area contributed by atoms with Crippen LogP contribution in [0.5, 0.6) is 0 Å². The zero-order valence-corrected chi connectivity index (χ0v) is 26.9. The second-order valence-corrected chi connectivity index (χ2v) is 12.2. The molecule has 1 aliphatic heterocycles. The molecule has 0 amide bonds. The first kappa shape index (κ1) is 31.5. The summed E-state index contributed by atoms with van der Waals surface area (Å²) in [6.07, 6.45) is 8.60. The van der Waals surface area contributed by atoms with Crippen molar-refractivity contribution in [3.8, 4) is 0 Å². The zero-order valence-electron chi connectivity index (χ0n) is 26.9. The van der Waals surface area contributed by atoms with Gasteiger partial charge in [-0.3, -0.25) is 0 Å². The SMILES string of the molecule is C(=C[C@H]1C[C@@H](OCc2ccccc2)[C@@H](COCc2ccccc2)O1)c1cn(C(c2ccccc2)(c2ccccc2)c2ccccc2)cn1. The Morgan fingerprint density at radius 2 is 1.17 bits per heavy atom. The van der Waals surface area contributed by atoms with E-state index in [1.54, 1.807) is 0 Å². The van der Waals surface area contributed by atoms with Crippen LogP contribution in [0.3, 0.4) is 0 Å². The van der Waals surface area contributed by atoms with Gasteiger partial charge >= 0.3 is 0 Å². The Balaban J connectivity index is 1.13. The summed E-state index contributed by atoms with van der Waals surface area (Å²) in [4.78, 5) is 4.88. The average Bonchev–Trinajstić information content (AvgIpc) is 3.80. The van der Waals surface area contributed by atoms with Gasteiger partial charge in [0.15, 0.2) is 0 Å². The highest BCUT2D eigenvalue weighted by Crippen LogP contribution is 2.41. The van der Waals surface area contributed by atoms with Crippen LogP contribution < -0.4 is 0 Å². The highest BCUT2D eigenvalue weighted by Gasteiger charge is 2.38. The van der Waals surface area contributed by atoms with Gasteiger partial charge in [0.1, 0.15) is 11.6 Å². The van der Waals surface area contributed by atoms with Crippen LogP contribution in [0.25, 0.3) is 6.08 Å². The molecular weight excluding hydrogens is 592 g/mol. The van der Waals surface area contributed by atoms with E-state index in [9.17, 15) is 0 Å². The maximum atomic E-state index is 6.53. The molecule has 3 atom stereocenters. The van der Waals surface area contributed by atoms with Gasteiger partial charge in [-0.15, -0.1) is 0 Å². The van der Waals surface area contributed by atoms with E-state index >= 15 is 0 Å². The fourth-order valence-electron chi connectivity index (χ4n) is 6.64. The summed E-state index contributed by atoms with van der Waals surface area (Å²) < 4.78 is 21.3. The van der Waals surface area contributed by atoms with Gasteiger partial charge in [0.25, 0.3) is 0 Å². The summed E-state index contributed by atoms with van der Waals surface area (Å²) in [5.74, 6) is 0. The summed E-state index contributed by atoms with van der Waals surface area (Å²) >= 11 is 0. The molecule has 0 aliphatic carbocycles. The van der Waals surface area contributed by atoms with Crippen LogP contribution in [0.1, 0.15) is 39.9 Å². The monoisotopic (exact) mass is 632 g/mol. The predicted molar refractivity (Wildman–Crippen MR) is 190 cm³/mol. The van der Waals surface area contributed by atoms with Crippen LogP contribution in [0.2, 0.25) is 0 Å². The van der Waals surface area contributed by atoms with Crippen LogP contribution in [-0.2, 0) is 33.0 Å². The maximum absolute atomic E-state index is 6.53. The number of hydrogen-bond donors (Lipinski definition) is 0. The first-order valence-corrected chi connectivity index (χ1v) is 16.6. The molecule has 7 rings (SSSR count). The van der Waals surface area contributed by atoms with E-state index in [0.717, 1.165) is 39.9 Å². The van der Waals surface area contributed by atoms with Crippen molar-refractivity contribution >= 4 is 6.08 Å². The lowest BCUT2D eigenvalue weighted by Gasteiger charge is -2.37. The Labute approximate surface area is 283 Å². The number of rotatable bonds is 13. The molecule has 2 heterocycles. The highest BCUT2D eigenvalue weighted by molar-refractivity contribution is 5.52. The molecule has 48 heavy (non-hydrogen) atoms. The summed E-state index contributed by atoms with van der Waals surface area (Å²) in [5, 5.41) is 0. The Morgan fingerprint density at radius 1 is 0.667 bits per heavy atom. The van der Waals surface area contributed by atoms with Crippen LogP contribution in [0.4, 0.5) is 0 Å². The lowest BCUT2D eigenvalue weighted by molar-refractivity contribution is -0.0659. The quantitative estimate of drug-likeness (QED) is 0.120. The lowest BCUT2D eigenvalue weighted by atomic mass is 9.77. The van der Waals surface area contributed by atoms with Crippen molar-refractivity contribution in [3.63, 3.8) is 0 Å². The fraction of sp³-hybridized carbons (Fsp3) is 0.186. The zero-order chi connectivity index (χ0) is 32.4. The Morgan fingerprint density at radius 3 is 1.71 bits per heavy atom. The van der Waals surface area contributed by atoms with Gasteiger partial charge in [-0.05, 0) is 33.9 Å². The van der Waals surface area contributed by atoms with Crippen molar-refractivity contribution in [1.82, 2.24) is 9.55 Å². The minimum atomic E-state index is -0.607. The molecule has 240 valence electrons. The number of benzene rings is 5. The van der Waals surface area contributed by atoms with Crippen molar-refractivity contribution in [1.29, 1.82) is 0 Å². The molecule has 6 aromatic rings. The van der Waals surface area contributed by atoms with Gasteiger partial charge in [-0.1, -0.05) is 158 Å². The van der Waals surface area contributed by atoms with Crippen molar-refractivity contribution in [3.05, 3.63) is 204 Å². The summed E-state index contributed by atoms with van der Waals surface area (Å²) in [7, 11) is 0. The predicted octanol–water partition coefficient (Wildman–Crippen LogP) is 8.70. The molecule has 1 fully saturated rings. The van der Waals surface area contributed by atoms with E-state index in [1.165, 1.54) is 0 Å². The van der Waals surface area contributed by atoms with Crippen molar-refractivity contribution in [2.45, 2.75) is 43.5 Å². The fourth-order valence-corrected chi connectivity index (χ4v) is 6.64. The maximum Gasteiger partial charge on any atom is 0.121 e. The smallest absolute Gasteiger partial charge is 0.121 e. The first-order valence-electron chi connectivity index (χ1n) is 16.6. The van der Waals surface area contributed by atoms with Gasteiger partial charge in [0.05, 0.1) is 44.0 Å². The van der Waals surface area contributed by atoms with Crippen molar-refractivity contribution in [2.24, 2.45) is 0 Å². The molecule has 5 heteroatoms. The number of hydrogen-bond acceptors (Lipinski definition) is 4. The van der Waals surface area contributed by atoms with Gasteiger partial charge in [0, 0.05) is 12.6 Å². The molecule has 0 bridgehead atoms. The molecule has 1 aromatic heterocycles. The third kappa shape index (κ3) is 7.09. The van der Waals surface area contributed by atoms with Crippen LogP contribution in [0.15, 0.2) is 170 Å². The van der Waals surface area contributed by atoms with E-state index in [4.69, 9.17) is 19.2 Å². The second-order valence-electron chi connectivity index (χ2n) is 12.2. The van der Waals surface area contributed by atoms with Gasteiger partial charge in [-0.25, -0.2) is 4.98 Å². The highest BCUT2D eigenvalue weighted by atomic mass is 16.6. The number of imidazole rings is 1. The van der Waals surface area contributed by atoms with Crippen LogP contribution >= 0.6 is 0 Å². The molecule has 5 aromatic carbocycles. The molecule has 0 N–H and O–H groups in total. The Hall–Kier alpha value is -5.07. The van der Waals surface area contributed by atoms with E-state index in [0.29, 0.717) is 19.8 Å². The van der Waals surface area contributed by atoms with Crippen LogP contribution in [-0.4, -0.2) is 34.5 Å². The molecule has 0 saturated carbocycles. The topological polar surface area (TPSA) is 45.5 Å². The summed E-state index contributed by atoms with van der Waals surface area (Å²) in [6, 6.07) is 52.4. The number of nitrogens with zero attached hydrogens (tertiary/aromatic N) is 2. The van der Waals surface area contributed by atoms with Gasteiger partial charge in [0.2, 0.25) is 0 Å². The number of aromatic nitrogens is 2. The van der Waals surface area contributed by atoms with E-state index in [-0.39, 0.29) is 18.3 Å². The minimum absolute atomic E-state index is 0.0879. The largest absolute Gasteiger partial charge is 0.374 e. The third-order valence-electron chi connectivity index (χ3n) is 8.98. The van der Waals surface area contributed by atoms with Gasteiger partial charge < -0.3 is 18.8 Å². The summed E-state index contributed by atoms with van der Waals surface area (Å²) in [6.45, 7) is 1.53. The van der Waals surface area contributed by atoms with E-state index in [2.05, 4.69) is 138 Å². The van der Waals surface area contributed by atoms with E-state index < -0.39 is 5.54 Å². The van der Waals surface area contributed by atoms with Gasteiger partial charge in [-0.2, -0.15) is 0 Å². The Bertz CT molecular complexity index is 1760. The van der Waals surface area contributed by atoms with Crippen LogP contribution in [0, 0.1) is 0 Å². The molecule has 0 spiro atoms. The normalized spacial score (nSPS) is 18.0. The molecule has 0 radical (unpaired) electrons. The van der Waals surface area contributed by atoms with E-state index in [1.807, 2.05) is 42.7 Å². The summed E-state index contributed by atoms with van der Waals surface area (Å²) in [5.41, 5.74) is 6.01. The second kappa shape index (κ2) is 15.2. The minimum Gasteiger partial charge on any atom is -0.374 e. The van der Waals surface area contributed by atoms with Crippen molar-refractivity contribution in [2.75, 3.05) is 6.61 Å². The standard InChI is InChI=1S/C43H40N2O3/c1-6-16-34(17-7-1)30-46-32-42-41(47-31-35-18-8-2-9-19-35)28-40(48-42)27-26-39-29-45(33-44-39)43(36-20-10-3-11-21-36,37-22-12-4-13-23-37)38-24-14-5-15-25-38/h1-27,29,33,40-42H,28,30-32H2/t40-,41+,42+/m0/s1. The first-order chi connectivity index (χ1) is 23.8.